The first-order chi connectivity index (χ1) is 9.82. The minimum atomic E-state index is -3.31. The van der Waals surface area contributed by atoms with Crippen LogP contribution in [0.15, 0.2) is 47.4 Å². The summed E-state index contributed by atoms with van der Waals surface area (Å²) >= 11 is 0. The number of aromatic carboxylic acids is 1. The molecule has 2 aromatic rings. The fourth-order valence-corrected chi connectivity index (χ4v) is 2.62. The van der Waals surface area contributed by atoms with Crippen molar-refractivity contribution in [3.63, 3.8) is 0 Å². The maximum absolute atomic E-state index is 11.6. The van der Waals surface area contributed by atoms with Crippen LogP contribution >= 0.6 is 0 Å². The summed E-state index contributed by atoms with van der Waals surface area (Å²) < 4.78 is 28.4. The molecule has 2 rings (SSSR count). The summed E-state index contributed by atoms with van der Waals surface area (Å²) in [5.41, 5.74) is 1.38. The molecule has 0 aliphatic heterocycles. The van der Waals surface area contributed by atoms with E-state index in [9.17, 15) is 13.2 Å². The molecule has 0 saturated carbocycles. The molecule has 0 aliphatic carbocycles. The van der Waals surface area contributed by atoms with Gasteiger partial charge in [0, 0.05) is 11.8 Å². The van der Waals surface area contributed by atoms with Gasteiger partial charge in [0.05, 0.1) is 17.6 Å². The standard InChI is InChI=1S/C15H14O5S/c1-20-14-9-11(15(16)17)6-7-13(14)10-4-3-5-12(8-10)21(2,18)19/h3-9H,1-2H3,(H,16,17). The van der Waals surface area contributed by atoms with E-state index in [0.29, 0.717) is 16.9 Å². The third-order valence-corrected chi connectivity index (χ3v) is 4.13. The van der Waals surface area contributed by atoms with Crippen molar-refractivity contribution in [1.29, 1.82) is 0 Å². The summed E-state index contributed by atoms with van der Waals surface area (Å²) in [5.74, 6) is -0.676. The van der Waals surface area contributed by atoms with Crippen LogP contribution in [-0.2, 0) is 9.84 Å². The lowest BCUT2D eigenvalue weighted by molar-refractivity contribution is 0.0696. The molecule has 5 nitrogen and oxygen atoms in total. The number of sulfone groups is 1. The van der Waals surface area contributed by atoms with Crippen molar-refractivity contribution in [3.8, 4) is 16.9 Å². The predicted octanol–water partition coefficient (Wildman–Crippen LogP) is 2.46. The second kappa shape index (κ2) is 5.57. The minimum absolute atomic E-state index is 0.106. The third kappa shape index (κ3) is 3.22. The Morgan fingerprint density at radius 3 is 2.43 bits per heavy atom. The number of carbonyl (C=O) groups is 1. The zero-order valence-corrected chi connectivity index (χ0v) is 12.3. The molecule has 21 heavy (non-hydrogen) atoms. The Balaban J connectivity index is 2.59. The highest BCUT2D eigenvalue weighted by Crippen LogP contribution is 2.32. The van der Waals surface area contributed by atoms with E-state index in [1.165, 1.54) is 31.4 Å². The van der Waals surface area contributed by atoms with Gasteiger partial charge in [0.1, 0.15) is 5.75 Å². The van der Waals surface area contributed by atoms with E-state index >= 15 is 0 Å². The lowest BCUT2D eigenvalue weighted by Crippen LogP contribution is -1.99. The third-order valence-electron chi connectivity index (χ3n) is 3.02. The fraction of sp³-hybridized carbons (Fsp3) is 0.133. The van der Waals surface area contributed by atoms with Crippen LogP contribution in [-0.4, -0.2) is 32.9 Å². The van der Waals surface area contributed by atoms with Crippen molar-refractivity contribution in [2.45, 2.75) is 4.90 Å². The summed E-state index contributed by atoms with van der Waals surface area (Å²) in [5, 5.41) is 8.98. The highest BCUT2D eigenvalue weighted by atomic mass is 32.2. The quantitative estimate of drug-likeness (QED) is 0.938. The van der Waals surface area contributed by atoms with Gasteiger partial charge in [0.15, 0.2) is 9.84 Å². The van der Waals surface area contributed by atoms with E-state index in [4.69, 9.17) is 9.84 Å². The Labute approximate surface area is 122 Å². The van der Waals surface area contributed by atoms with E-state index in [0.717, 1.165) is 6.26 Å². The van der Waals surface area contributed by atoms with Crippen molar-refractivity contribution in [3.05, 3.63) is 48.0 Å². The molecule has 0 spiro atoms. The molecule has 0 aliphatic rings. The summed E-state index contributed by atoms with van der Waals surface area (Å²) in [7, 11) is -1.87. The smallest absolute Gasteiger partial charge is 0.335 e. The van der Waals surface area contributed by atoms with Gasteiger partial charge in [-0.3, -0.25) is 0 Å². The van der Waals surface area contributed by atoms with Crippen molar-refractivity contribution in [2.24, 2.45) is 0 Å². The van der Waals surface area contributed by atoms with Gasteiger partial charge in [0.2, 0.25) is 0 Å². The molecule has 0 radical (unpaired) electrons. The Bertz CT molecular complexity index is 793. The molecular weight excluding hydrogens is 292 g/mol. The van der Waals surface area contributed by atoms with Gasteiger partial charge in [-0.2, -0.15) is 0 Å². The summed E-state index contributed by atoms with van der Waals surface area (Å²) in [4.78, 5) is 11.2. The number of rotatable bonds is 4. The predicted molar refractivity (Wildman–Crippen MR) is 78.5 cm³/mol. The molecule has 0 amide bonds. The number of hydrogen-bond donors (Lipinski definition) is 1. The monoisotopic (exact) mass is 306 g/mol. The zero-order chi connectivity index (χ0) is 15.6. The number of ether oxygens (including phenoxy) is 1. The van der Waals surface area contributed by atoms with Gasteiger partial charge in [0.25, 0.3) is 0 Å². The van der Waals surface area contributed by atoms with E-state index in [1.54, 1.807) is 18.2 Å². The number of benzene rings is 2. The molecule has 2 aromatic carbocycles. The molecule has 1 N–H and O–H groups in total. The minimum Gasteiger partial charge on any atom is -0.496 e. The van der Waals surface area contributed by atoms with Gasteiger partial charge in [-0.1, -0.05) is 12.1 Å². The number of hydrogen-bond acceptors (Lipinski definition) is 4. The number of carboxylic acid groups (broad SMARTS) is 1. The van der Waals surface area contributed by atoms with Crippen molar-refractivity contribution in [1.82, 2.24) is 0 Å². The van der Waals surface area contributed by atoms with Crippen LogP contribution < -0.4 is 4.74 Å². The zero-order valence-electron chi connectivity index (χ0n) is 11.5. The van der Waals surface area contributed by atoms with E-state index in [-0.39, 0.29) is 10.5 Å². The van der Waals surface area contributed by atoms with E-state index < -0.39 is 15.8 Å². The molecule has 0 bridgehead atoms. The lowest BCUT2D eigenvalue weighted by atomic mass is 10.0. The second-order valence-corrected chi connectivity index (χ2v) is 6.54. The average molecular weight is 306 g/mol. The number of methoxy groups -OCH3 is 1. The first-order valence-corrected chi connectivity index (χ1v) is 7.94. The second-order valence-electron chi connectivity index (χ2n) is 4.52. The van der Waals surface area contributed by atoms with E-state index in [2.05, 4.69) is 0 Å². The van der Waals surface area contributed by atoms with Crippen molar-refractivity contribution in [2.75, 3.05) is 13.4 Å². The SMILES string of the molecule is COc1cc(C(=O)O)ccc1-c1cccc(S(C)(=O)=O)c1. The summed E-state index contributed by atoms with van der Waals surface area (Å²) in [6.45, 7) is 0. The molecule has 6 heteroatoms. The van der Waals surface area contributed by atoms with Gasteiger partial charge < -0.3 is 9.84 Å². The topological polar surface area (TPSA) is 80.7 Å². The Hall–Kier alpha value is -2.34. The fourth-order valence-electron chi connectivity index (χ4n) is 1.96. The van der Waals surface area contributed by atoms with Gasteiger partial charge in [-0.05, 0) is 35.9 Å². The van der Waals surface area contributed by atoms with Crippen LogP contribution in [0.4, 0.5) is 0 Å². The highest BCUT2D eigenvalue weighted by Gasteiger charge is 2.13. The molecule has 110 valence electrons. The van der Waals surface area contributed by atoms with Gasteiger partial charge in [-0.15, -0.1) is 0 Å². The highest BCUT2D eigenvalue weighted by molar-refractivity contribution is 7.90. The maximum atomic E-state index is 11.6. The molecular formula is C15H14O5S. The first kappa shape index (κ1) is 15.1. The Kier molecular flexibility index (Phi) is 3.99. The van der Waals surface area contributed by atoms with Crippen LogP contribution in [0.5, 0.6) is 5.75 Å². The van der Waals surface area contributed by atoms with Crippen LogP contribution in [0.25, 0.3) is 11.1 Å². The molecule has 0 aromatic heterocycles. The lowest BCUT2D eigenvalue weighted by Gasteiger charge is -2.10. The normalized spacial score (nSPS) is 11.1. The van der Waals surface area contributed by atoms with Crippen molar-refractivity contribution < 1.29 is 23.1 Å². The maximum Gasteiger partial charge on any atom is 0.335 e. The largest absolute Gasteiger partial charge is 0.496 e. The van der Waals surface area contributed by atoms with Crippen LogP contribution in [0.1, 0.15) is 10.4 Å². The van der Waals surface area contributed by atoms with Crippen molar-refractivity contribution >= 4 is 15.8 Å². The molecule has 0 heterocycles. The van der Waals surface area contributed by atoms with Crippen LogP contribution in [0.3, 0.4) is 0 Å². The summed E-state index contributed by atoms with van der Waals surface area (Å²) in [6.07, 6.45) is 1.14. The van der Waals surface area contributed by atoms with Crippen LogP contribution in [0.2, 0.25) is 0 Å². The van der Waals surface area contributed by atoms with Crippen LogP contribution in [0, 0.1) is 0 Å². The number of carboxylic acids is 1. The Morgan fingerprint density at radius 1 is 1.14 bits per heavy atom. The average Bonchev–Trinajstić information content (AvgIpc) is 2.45. The molecule has 0 atom stereocenters. The molecule has 0 fully saturated rings. The van der Waals surface area contributed by atoms with Gasteiger partial charge in [-0.25, -0.2) is 13.2 Å². The molecule has 0 saturated heterocycles. The van der Waals surface area contributed by atoms with Gasteiger partial charge >= 0.3 is 5.97 Å². The molecule has 0 unspecified atom stereocenters. The first-order valence-electron chi connectivity index (χ1n) is 6.05. The Morgan fingerprint density at radius 2 is 1.86 bits per heavy atom. The van der Waals surface area contributed by atoms with E-state index in [1.807, 2.05) is 0 Å². The summed E-state index contributed by atoms with van der Waals surface area (Å²) in [6, 6.07) is 10.9.